The Morgan fingerprint density at radius 1 is 1.23 bits per heavy atom. The molecule has 2 saturated carbocycles. The second-order valence-corrected chi connectivity index (χ2v) is 9.93. The zero-order valence-corrected chi connectivity index (χ0v) is 15.8. The fourth-order valence-electron chi connectivity index (χ4n) is 6.32. The van der Waals surface area contributed by atoms with Crippen molar-refractivity contribution in [1.29, 1.82) is 0 Å². The predicted molar refractivity (Wildman–Crippen MR) is 95.1 cm³/mol. The summed E-state index contributed by atoms with van der Waals surface area (Å²) in [6.07, 6.45) is 13.1. The van der Waals surface area contributed by atoms with Crippen molar-refractivity contribution in [3.63, 3.8) is 0 Å². The number of alkyl halides is 1. The third-order valence-corrected chi connectivity index (χ3v) is 9.63. The van der Waals surface area contributed by atoms with Gasteiger partial charge in [0, 0.05) is 10.8 Å². The third kappa shape index (κ3) is 1.75. The minimum Gasteiger partial charge on any atom is -0.387 e. The van der Waals surface area contributed by atoms with E-state index in [1.807, 2.05) is 0 Å². The molecule has 0 radical (unpaired) electrons. The highest BCUT2D eigenvalue weighted by atomic mass is 79.9. The molecule has 1 nitrogen and oxygen atoms in total. The molecule has 0 aromatic rings. The van der Waals surface area contributed by atoms with Gasteiger partial charge in [0.2, 0.25) is 0 Å². The molecule has 122 valence electrons. The summed E-state index contributed by atoms with van der Waals surface area (Å²) in [6.45, 7) is 4.73. The van der Waals surface area contributed by atoms with Crippen LogP contribution in [0.25, 0.3) is 0 Å². The topological polar surface area (TPSA) is 20.2 Å². The van der Waals surface area contributed by atoms with Crippen LogP contribution in [0.1, 0.15) is 52.4 Å². The minimum absolute atomic E-state index is 0.0620. The van der Waals surface area contributed by atoms with Crippen molar-refractivity contribution < 1.29 is 5.11 Å². The Kier molecular flexibility index (Phi) is 3.47. The van der Waals surface area contributed by atoms with Gasteiger partial charge in [-0.25, -0.2) is 0 Å². The van der Waals surface area contributed by atoms with Gasteiger partial charge in [-0.2, -0.15) is 0 Å². The van der Waals surface area contributed by atoms with Crippen LogP contribution in [0.15, 0.2) is 22.7 Å². The van der Waals surface area contributed by atoms with Crippen LogP contribution < -0.4 is 0 Å². The summed E-state index contributed by atoms with van der Waals surface area (Å²) in [4.78, 5) is 0. The van der Waals surface area contributed by atoms with E-state index < -0.39 is 5.60 Å². The molecule has 4 aliphatic rings. The zero-order chi connectivity index (χ0) is 15.8. The number of aliphatic hydroxyl groups is 1. The molecule has 4 aliphatic carbocycles. The monoisotopic (exact) mass is 384 g/mol. The van der Waals surface area contributed by atoms with Crippen molar-refractivity contribution in [2.75, 3.05) is 0 Å². The summed E-state index contributed by atoms with van der Waals surface area (Å²) in [5, 5.41) is 11.3. The molecule has 0 spiro atoms. The largest absolute Gasteiger partial charge is 0.387 e. The number of allylic oxidation sites excluding steroid dienone is 3. The van der Waals surface area contributed by atoms with Crippen molar-refractivity contribution in [2.45, 2.75) is 63.4 Å². The summed E-state index contributed by atoms with van der Waals surface area (Å²) in [5.74, 6) is 1.93. The van der Waals surface area contributed by atoms with Gasteiger partial charge in [0.05, 0.1) is 11.0 Å². The zero-order valence-electron chi connectivity index (χ0n) is 13.5. The van der Waals surface area contributed by atoms with E-state index in [-0.39, 0.29) is 10.8 Å². The number of fused-ring (bicyclic) bond motifs is 5. The summed E-state index contributed by atoms with van der Waals surface area (Å²) in [7, 11) is 0. The number of hydrogen-bond acceptors (Lipinski definition) is 1. The van der Waals surface area contributed by atoms with E-state index in [1.165, 1.54) is 23.7 Å². The van der Waals surface area contributed by atoms with Crippen LogP contribution in [0.4, 0.5) is 0 Å². The highest BCUT2D eigenvalue weighted by Crippen LogP contribution is 2.67. The average molecular weight is 386 g/mol. The lowest BCUT2D eigenvalue weighted by atomic mass is 9.44. The molecule has 0 saturated heterocycles. The number of hydrogen-bond donors (Lipinski definition) is 1. The first-order chi connectivity index (χ1) is 10.3. The van der Waals surface area contributed by atoms with Crippen molar-refractivity contribution in [3.05, 3.63) is 22.7 Å². The molecule has 0 aromatic carbocycles. The second-order valence-electron chi connectivity index (χ2n) is 8.55. The van der Waals surface area contributed by atoms with E-state index in [9.17, 15) is 5.11 Å². The summed E-state index contributed by atoms with van der Waals surface area (Å²) < 4.78 is 1.41. The molecular formula is C19H26BrClO. The molecule has 0 amide bonds. The van der Waals surface area contributed by atoms with Gasteiger partial charge in [-0.05, 0) is 60.8 Å². The van der Waals surface area contributed by atoms with E-state index in [0.29, 0.717) is 23.2 Å². The average Bonchev–Trinajstić information content (AvgIpc) is 2.78. The predicted octanol–water partition coefficient (Wildman–Crippen LogP) is 5.42. The molecule has 0 unspecified atom stereocenters. The van der Waals surface area contributed by atoms with Gasteiger partial charge in [0.15, 0.2) is 0 Å². The fourth-order valence-corrected chi connectivity index (χ4v) is 7.54. The molecule has 2 fully saturated rings. The molecule has 7 atom stereocenters. The molecule has 3 heteroatoms. The van der Waals surface area contributed by atoms with Crippen LogP contribution in [0.3, 0.4) is 0 Å². The molecular weight excluding hydrogens is 360 g/mol. The first-order valence-corrected chi connectivity index (χ1v) is 9.93. The highest BCUT2D eigenvalue weighted by molar-refractivity contribution is 9.11. The molecule has 0 aromatic heterocycles. The van der Waals surface area contributed by atoms with Gasteiger partial charge in [-0.1, -0.05) is 48.0 Å². The van der Waals surface area contributed by atoms with Crippen molar-refractivity contribution in [1.82, 2.24) is 0 Å². The van der Waals surface area contributed by atoms with E-state index in [4.69, 9.17) is 11.6 Å². The first kappa shape index (κ1) is 15.7. The first-order valence-electron chi connectivity index (χ1n) is 8.70. The SMILES string of the molecule is C[C@]12CC[C@H]3[C@@H](C[C@@H](Cl)[C@@]4(O)CC=CC[C@]34C)[C@@H]1CC=C2Br. The molecule has 0 bridgehead atoms. The molecule has 22 heavy (non-hydrogen) atoms. The summed E-state index contributed by atoms with van der Waals surface area (Å²) in [5.41, 5.74) is -0.483. The van der Waals surface area contributed by atoms with Gasteiger partial charge in [0.25, 0.3) is 0 Å². The van der Waals surface area contributed by atoms with Gasteiger partial charge < -0.3 is 5.11 Å². The summed E-state index contributed by atoms with van der Waals surface area (Å²) >= 11 is 10.6. The maximum Gasteiger partial charge on any atom is 0.0903 e. The van der Waals surface area contributed by atoms with Crippen LogP contribution in [-0.4, -0.2) is 16.1 Å². The lowest BCUT2D eigenvalue weighted by molar-refractivity contribution is -0.179. The maximum atomic E-state index is 11.4. The lowest BCUT2D eigenvalue weighted by Gasteiger charge is -2.63. The van der Waals surface area contributed by atoms with Gasteiger partial charge in [0.1, 0.15) is 0 Å². The lowest BCUT2D eigenvalue weighted by Crippen LogP contribution is -2.65. The van der Waals surface area contributed by atoms with Crippen molar-refractivity contribution in [3.8, 4) is 0 Å². The van der Waals surface area contributed by atoms with Crippen LogP contribution in [0.5, 0.6) is 0 Å². The van der Waals surface area contributed by atoms with E-state index in [0.717, 1.165) is 19.3 Å². The van der Waals surface area contributed by atoms with E-state index in [1.54, 1.807) is 0 Å². The standard InChI is InChI=1S/C19H26BrClO/c1-17-10-7-14-12(13(17)5-6-15(17)20)11-16(21)19(22)9-4-3-8-18(14,19)2/h3-4,6,12-14,16,22H,5,7-11H2,1-2H3/t12-,13-,14-,16+,17-,18+,19-/m0/s1. The Labute approximate surface area is 147 Å². The quantitative estimate of drug-likeness (QED) is 0.436. The van der Waals surface area contributed by atoms with Crippen LogP contribution in [-0.2, 0) is 0 Å². The van der Waals surface area contributed by atoms with Crippen LogP contribution in [0.2, 0.25) is 0 Å². The highest BCUT2D eigenvalue weighted by Gasteiger charge is 2.64. The van der Waals surface area contributed by atoms with Gasteiger partial charge in [-0.3, -0.25) is 0 Å². The molecule has 4 rings (SSSR count). The van der Waals surface area contributed by atoms with Crippen LogP contribution >= 0.6 is 27.5 Å². The number of rotatable bonds is 0. The normalized spacial score (nSPS) is 56.9. The second kappa shape index (κ2) is 4.86. The smallest absolute Gasteiger partial charge is 0.0903 e. The molecule has 1 N–H and O–H groups in total. The Balaban J connectivity index is 1.74. The van der Waals surface area contributed by atoms with E-state index >= 15 is 0 Å². The van der Waals surface area contributed by atoms with E-state index in [2.05, 4.69) is 48.0 Å². The maximum absolute atomic E-state index is 11.4. The third-order valence-electron chi connectivity index (χ3n) is 7.87. The Hall–Kier alpha value is 0.210. The number of halogens is 2. The Bertz CT molecular complexity index is 558. The van der Waals surface area contributed by atoms with Crippen LogP contribution in [0, 0.1) is 28.6 Å². The van der Waals surface area contributed by atoms with Crippen molar-refractivity contribution >= 4 is 27.5 Å². The van der Waals surface area contributed by atoms with Gasteiger partial charge >= 0.3 is 0 Å². The van der Waals surface area contributed by atoms with Crippen molar-refractivity contribution in [2.24, 2.45) is 28.6 Å². The Morgan fingerprint density at radius 3 is 2.73 bits per heavy atom. The summed E-state index contributed by atoms with van der Waals surface area (Å²) in [6, 6.07) is 0. The minimum atomic E-state index is -0.721. The Morgan fingerprint density at radius 2 is 1.95 bits per heavy atom. The molecule has 0 heterocycles. The fraction of sp³-hybridized carbons (Fsp3) is 0.789. The van der Waals surface area contributed by atoms with Gasteiger partial charge in [-0.15, -0.1) is 11.6 Å². The molecule has 0 aliphatic heterocycles.